The van der Waals surface area contributed by atoms with Crippen LogP contribution in [-0.4, -0.2) is 4.57 Å². The van der Waals surface area contributed by atoms with Crippen molar-refractivity contribution in [3.05, 3.63) is 205 Å². The van der Waals surface area contributed by atoms with E-state index in [1.807, 2.05) is 0 Å². The molecule has 0 bridgehead atoms. The van der Waals surface area contributed by atoms with Crippen LogP contribution >= 0.6 is 0 Å². The monoisotopic (exact) mass is 666 g/mol. The molecule has 0 aliphatic heterocycles. The van der Waals surface area contributed by atoms with Gasteiger partial charge in [0.1, 0.15) is 0 Å². The van der Waals surface area contributed by atoms with Gasteiger partial charge in [-0.15, -0.1) is 0 Å². The smallest absolute Gasteiger partial charge is 0.0569 e. The second-order valence-electron chi connectivity index (χ2n) is 13.5. The van der Waals surface area contributed by atoms with Crippen LogP contribution in [0.5, 0.6) is 0 Å². The van der Waals surface area contributed by atoms with Gasteiger partial charge in [-0.2, -0.15) is 0 Å². The molecule has 1 aromatic heterocycles. The van der Waals surface area contributed by atoms with Crippen molar-refractivity contribution in [3.63, 3.8) is 0 Å². The number of para-hydroxylation sites is 3. The number of nitrogens with zero attached hydrogens (tertiary/aromatic N) is 2. The van der Waals surface area contributed by atoms with Gasteiger partial charge in [0.15, 0.2) is 0 Å². The van der Waals surface area contributed by atoms with Gasteiger partial charge in [-0.05, 0) is 78.1 Å². The number of rotatable bonds is 7. The first kappa shape index (κ1) is 31.3. The molecule has 0 atom stereocenters. The first-order chi connectivity index (χ1) is 25.7. The van der Waals surface area contributed by atoms with E-state index in [0.29, 0.717) is 0 Å². The van der Waals surface area contributed by atoms with Gasteiger partial charge in [0.2, 0.25) is 0 Å². The summed E-state index contributed by atoms with van der Waals surface area (Å²) in [6.07, 6.45) is 0. The summed E-state index contributed by atoms with van der Waals surface area (Å²) in [4.78, 5) is 2.45. The number of aryl methyl sites for hydroxylation is 2. The van der Waals surface area contributed by atoms with Crippen LogP contribution < -0.4 is 4.90 Å². The Morgan fingerprint density at radius 2 is 0.981 bits per heavy atom. The van der Waals surface area contributed by atoms with Crippen molar-refractivity contribution in [1.29, 1.82) is 0 Å². The summed E-state index contributed by atoms with van der Waals surface area (Å²) in [5.74, 6) is 0. The fourth-order valence-corrected chi connectivity index (χ4v) is 7.80. The van der Waals surface area contributed by atoms with Gasteiger partial charge in [0.05, 0.1) is 28.1 Å². The second kappa shape index (κ2) is 13.2. The molecule has 8 aromatic carbocycles. The molecule has 0 spiro atoms. The highest BCUT2D eigenvalue weighted by Gasteiger charge is 2.24. The number of fused-ring (bicyclic) bond motifs is 3. The highest BCUT2D eigenvalue weighted by atomic mass is 15.2. The molecule has 2 nitrogen and oxygen atoms in total. The van der Waals surface area contributed by atoms with Crippen molar-refractivity contribution < 1.29 is 0 Å². The molecule has 0 saturated heterocycles. The molecule has 0 saturated carbocycles. The third-order valence-corrected chi connectivity index (χ3v) is 10.2. The second-order valence-corrected chi connectivity index (χ2v) is 13.5. The summed E-state index contributed by atoms with van der Waals surface area (Å²) in [5, 5.41) is 2.43. The van der Waals surface area contributed by atoms with Crippen LogP contribution in [0.3, 0.4) is 0 Å². The minimum absolute atomic E-state index is 1.10. The van der Waals surface area contributed by atoms with Crippen LogP contribution in [0.15, 0.2) is 194 Å². The zero-order chi connectivity index (χ0) is 35.0. The van der Waals surface area contributed by atoms with Crippen molar-refractivity contribution in [2.24, 2.45) is 0 Å². The lowest BCUT2D eigenvalue weighted by molar-refractivity contribution is 1.15. The number of hydrogen-bond donors (Lipinski definition) is 0. The van der Waals surface area contributed by atoms with Crippen molar-refractivity contribution in [2.75, 3.05) is 4.90 Å². The Hall–Kier alpha value is -6.64. The van der Waals surface area contributed by atoms with Crippen molar-refractivity contribution in [1.82, 2.24) is 4.57 Å². The van der Waals surface area contributed by atoms with Crippen molar-refractivity contribution >= 4 is 38.9 Å². The average Bonchev–Trinajstić information content (AvgIpc) is 3.54. The lowest BCUT2D eigenvalue weighted by atomic mass is 9.98. The van der Waals surface area contributed by atoms with E-state index in [9.17, 15) is 0 Å². The molecule has 9 aromatic rings. The first-order valence-electron chi connectivity index (χ1n) is 17.9. The van der Waals surface area contributed by atoms with Gasteiger partial charge in [-0.3, -0.25) is 0 Å². The molecule has 0 unspecified atom stereocenters. The zero-order valence-corrected chi connectivity index (χ0v) is 29.4. The van der Waals surface area contributed by atoms with E-state index in [0.717, 1.165) is 17.1 Å². The molecule has 9 rings (SSSR count). The Bertz CT molecular complexity index is 2690. The molecule has 0 N–H and O–H groups in total. The Morgan fingerprint density at radius 1 is 0.404 bits per heavy atom. The van der Waals surface area contributed by atoms with Gasteiger partial charge in [-0.1, -0.05) is 163 Å². The quantitative estimate of drug-likeness (QED) is 0.164. The summed E-state index contributed by atoms with van der Waals surface area (Å²) in [7, 11) is 0. The zero-order valence-electron chi connectivity index (χ0n) is 29.4. The van der Waals surface area contributed by atoms with Gasteiger partial charge in [-0.25, -0.2) is 0 Å². The Balaban J connectivity index is 1.34. The summed E-state index contributed by atoms with van der Waals surface area (Å²) < 4.78 is 2.49. The lowest BCUT2D eigenvalue weighted by Gasteiger charge is -2.29. The fourth-order valence-electron chi connectivity index (χ4n) is 7.80. The number of anilines is 3. The van der Waals surface area contributed by atoms with Gasteiger partial charge >= 0.3 is 0 Å². The Morgan fingerprint density at radius 3 is 1.77 bits per heavy atom. The maximum atomic E-state index is 2.49. The molecular weight excluding hydrogens is 629 g/mol. The van der Waals surface area contributed by atoms with Crippen LogP contribution in [0.2, 0.25) is 0 Å². The summed E-state index contributed by atoms with van der Waals surface area (Å²) in [5.41, 5.74) is 16.6. The molecule has 2 heteroatoms. The molecule has 0 amide bonds. The van der Waals surface area contributed by atoms with Crippen LogP contribution in [-0.2, 0) is 0 Å². The van der Waals surface area contributed by atoms with Crippen LogP contribution in [0.1, 0.15) is 11.1 Å². The first-order valence-corrected chi connectivity index (χ1v) is 17.9. The van der Waals surface area contributed by atoms with E-state index in [2.05, 4.69) is 217 Å². The highest BCUT2D eigenvalue weighted by molar-refractivity contribution is 6.17. The number of hydrogen-bond acceptors (Lipinski definition) is 1. The maximum absolute atomic E-state index is 2.49. The minimum atomic E-state index is 1.10. The van der Waals surface area contributed by atoms with E-state index < -0.39 is 0 Å². The third kappa shape index (κ3) is 5.46. The van der Waals surface area contributed by atoms with Crippen LogP contribution in [0, 0.1) is 13.8 Å². The summed E-state index contributed by atoms with van der Waals surface area (Å²) >= 11 is 0. The minimum Gasteiger partial charge on any atom is -0.309 e. The predicted octanol–water partition coefficient (Wildman–Crippen LogP) is 13.9. The maximum Gasteiger partial charge on any atom is 0.0569 e. The highest BCUT2D eigenvalue weighted by Crippen LogP contribution is 2.47. The topological polar surface area (TPSA) is 8.17 Å². The van der Waals surface area contributed by atoms with Gasteiger partial charge in [0.25, 0.3) is 0 Å². The number of aromatic nitrogens is 1. The SMILES string of the molecule is Cc1cccc(-c2cccc(C)c2-n2c3ccccc3c3c(N(c4ccc(-c5ccccc5)cc4)c4ccccc4-c4ccccc4)cccc32)c1. The molecule has 0 radical (unpaired) electrons. The summed E-state index contributed by atoms with van der Waals surface area (Å²) in [6.45, 7) is 4.40. The lowest BCUT2D eigenvalue weighted by Crippen LogP contribution is -2.11. The standard InChI is InChI=1S/C50H38N2/c1-35-16-13-22-40(34-35)43-25-14-17-36(2)50(43)52-46-27-12-10-24-44(46)49-47(28-15-29-48(49)52)51(41-32-30-38(31-33-41)37-18-5-3-6-19-37)45-26-11-9-23-42(45)39-20-7-4-8-21-39/h3-34H,1-2H3. The largest absolute Gasteiger partial charge is 0.309 e. The molecule has 0 aliphatic rings. The van der Waals surface area contributed by atoms with E-state index in [1.54, 1.807) is 0 Å². The van der Waals surface area contributed by atoms with Gasteiger partial charge in [0, 0.05) is 27.6 Å². The molecule has 1 heterocycles. The van der Waals surface area contributed by atoms with Gasteiger partial charge < -0.3 is 9.47 Å². The van der Waals surface area contributed by atoms with E-state index >= 15 is 0 Å². The van der Waals surface area contributed by atoms with E-state index in [4.69, 9.17) is 0 Å². The van der Waals surface area contributed by atoms with E-state index in [-0.39, 0.29) is 0 Å². The predicted molar refractivity (Wildman–Crippen MR) is 221 cm³/mol. The Kier molecular flexibility index (Phi) is 7.98. The fraction of sp³-hybridized carbons (Fsp3) is 0.0400. The molecular formula is C50H38N2. The molecule has 0 fully saturated rings. The van der Waals surface area contributed by atoms with Crippen LogP contribution in [0.4, 0.5) is 17.1 Å². The van der Waals surface area contributed by atoms with Crippen molar-refractivity contribution in [3.8, 4) is 39.1 Å². The molecule has 0 aliphatic carbocycles. The van der Waals surface area contributed by atoms with Crippen molar-refractivity contribution in [2.45, 2.75) is 13.8 Å². The molecule has 52 heavy (non-hydrogen) atoms. The van der Waals surface area contributed by atoms with Crippen LogP contribution in [0.25, 0.3) is 60.9 Å². The van der Waals surface area contributed by atoms with E-state index in [1.165, 1.54) is 72.0 Å². The third-order valence-electron chi connectivity index (χ3n) is 10.2. The summed E-state index contributed by atoms with van der Waals surface area (Å²) in [6, 6.07) is 70.3. The molecule has 248 valence electrons. The average molecular weight is 667 g/mol. The number of benzene rings is 8. The Labute approximate surface area is 305 Å². The normalized spacial score (nSPS) is 11.3.